The number of benzene rings is 2. The van der Waals surface area contributed by atoms with Gasteiger partial charge in [-0.1, -0.05) is 36.4 Å². The first kappa shape index (κ1) is 17.0. The molecule has 2 aromatic rings. The third-order valence-electron chi connectivity index (χ3n) is 5.66. The van der Waals surface area contributed by atoms with Crippen molar-refractivity contribution in [3.8, 4) is 0 Å². The molecule has 2 aliphatic rings. The molecule has 1 atom stereocenters. The Morgan fingerprint density at radius 1 is 1.08 bits per heavy atom. The van der Waals surface area contributed by atoms with Crippen LogP contribution in [0.1, 0.15) is 29.6 Å². The van der Waals surface area contributed by atoms with E-state index in [4.69, 9.17) is 0 Å². The van der Waals surface area contributed by atoms with Gasteiger partial charge in [-0.15, -0.1) is 0 Å². The molecule has 4 rings (SSSR count). The van der Waals surface area contributed by atoms with Crippen LogP contribution in [0.3, 0.4) is 0 Å². The Morgan fingerprint density at radius 3 is 2.62 bits per heavy atom. The van der Waals surface area contributed by atoms with Crippen molar-refractivity contribution >= 4 is 22.6 Å². The van der Waals surface area contributed by atoms with E-state index in [0.717, 1.165) is 36.7 Å². The lowest BCUT2D eigenvalue weighted by molar-refractivity contribution is -0.130. The third-order valence-corrected chi connectivity index (χ3v) is 5.66. The Morgan fingerprint density at radius 2 is 1.81 bits per heavy atom. The van der Waals surface area contributed by atoms with Crippen molar-refractivity contribution in [3.05, 3.63) is 48.0 Å². The van der Waals surface area contributed by atoms with Gasteiger partial charge < -0.3 is 15.1 Å². The SMILES string of the molecule is CN1CCC(N2CC(NC(=O)c3cccc4ccccc34)CC2=O)CC1. The van der Waals surface area contributed by atoms with Crippen LogP contribution in [-0.2, 0) is 4.79 Å². The molecule has 2 aromatic carbocycles. The molecule has 0 spiro atoms. The number of amides is 2. The maximum absolute atomic E-state index is 12.8. The monoisotopic (exact) mass is 351 g/mol. The highest BCUT2D eigenvalue weighted by molar-refractivity contribution is 6.07. The van der Waals surface area contributed by atoms with Gasteiger partial charge in [-0.05, 0) is 49.8 Å². The third kappa shape index (κ3) is 3.31. The number of likely N-dealkylation sites (tertiary alicyclic amines) is 2. The van der Waals surface area contributed by atoms with E-state index in [1.165, 1.54) is 0 Å². The summed E-state index contributed by atoms with van der Waals surface area (Å²) in [6, 6.07) is 13.9. The number of rotatable bonds is 3. The summed E-state index contributed by atoms with van der Waals surface area (Å²) in [4.78, 5) is 29.5. The van der Waals surface area contributed by atoms with Gasteiger partial charge in [0.2, 0.25) is 5.91 Å². The van der Waals surface area contributed by atoms with Gasteiger partial charge in [0, 0.05) is 24.6 Å². The summed E-state index contributed by atoms with van der Waals surface area (Å²) >= 11 is 0. The molecule has 2 saturated heterocycles. The summed E-state index contributed by atoms with van der Waals surface area (Å²) in [6.45, 7) is 2.69. The van der Waals surface area contributed by atoms with Crippen LogP contribution in [0, 0.1) is 0 Å². The molecule has 0 bridgehead atoms. The molecule has 1 N–H and O–H groups in total. The van der Waals surface area contributed by atoms with Crippen LogP contribution in [0.15, 0.2) is 42.5 Å². The summed E-state index contributed by atoms with van der Waals surface area (Å²) in [5, 5.41) is 5.08. The lowest BCUT2D eigenvalue weighted by Crippen LogP contribution is -2.45. The Hall–Kier alpha value is -2.40. The van der Waals surface area contributed by atoms with Crippen molar-refractivity contribution in [3.63, 3.8) is 0 Å². The van der Waals surface area contributed by atoms with Gasteiger partial charge in [0.05, 0.1) is 6.04 Å². The molecular formula is C21H25N3O2. The van der Waals surface area contributed by atoms with E-state index in [1.807, 2.05) is 47.4 Å². The highest BCUT2D eigenvalue weighted by Crippen LogP contribution is 2.23. The Balaban J connectivity index is 1.44. The average molecular weight is 351 g/mol. The van der Waals surface area contributed by atoms with Crippen LogP contribution < -0.4 is 5.32 Å². The zero-order chi connectivity index (χ0) is 18.1. The highest BCUT2D eigenvalue weighted by atomic mass is 16.2. The van der Waals surface area contributed by atoms with E-state index in [1.54, 1.807) is 0 Å². The number of carbonyl (C=O) groups excluding carboxylic acids is 2. The van der Waals surface area contributed by atoms with E-state index >= 15 is 0 Å². The number of nitrogens with zero attached hydrogens (tertiary/aromatic N) is 2. The predicted octanol–water partition coefficient (Wildman–Crippen LogP) is 2.26. The second-order valence-corrected chi connectivity index (χ2v) is 7.48. The van der Waals surface area contributed by atoms with Crippen molar-refractivity contribution in [2.24, 2.45) is 0 Å². The van der Waals surface area contributed by atoms with Gasteiger partial charge in [-0.2, -0.15) is 0 Å². The number of nitrogens with one attached hydrogen (secondary N) is 1. The Kier molecular flexibility index (Phi) is 4.64. The van der Waals surface area contributed by atoms with E-state index in [9.17, 15) is 9.59 Å². The minimum Gasteiger partial charge on any atom is -0.347 e. The van der Waals surface area contributed by atoms with Crippen LogP contribution >= 0.6 is 0 Å². The van der Waals surface area contributed by atoms with E-state index in [2.05, 4.69) is 17.3 Å². The topological polar surface area (TPSA) is 52.6 Å². The molecule has 1 unspecified atom stereocenters. The fraction of sp³-hybridized carbons (Fsp3) is 0.429. The number of piperidine rings is 1. The molecule has 0 radical (unpaired) electrons. The number of hydrogen-bond donors (Lipinski definition) is 1. The Labute approximate surface area is 154 Å². The van der Waals surface area contributed by atoms with Gasteiger partial charge in [-0.25, -0.2) is 0 Å². The molecule has 2 fully saturated rings. The molecular weight excluding hydrogens is 326 g/mol. The standard InChI is InChI=1S/C21H25N3O2/c1-23-11-9-17(10-12-23)24-14-16(13-20(24)25)22-21(26)19-8-4-6-15-5-2-3-7-18(15)19/h2-8,16-17H,9-14H2,1H3,(H,22,26). The van der Waals surface area contributed by atoms with E-state index in [0.29, 0.717) is 24.6 Å². The van der Waals surface area contributed by atoms with Crippen molar-refractivity contribution in [2.45, 2.75) is 31.3 Å². The van der Waals surface area contributed by atoms with Gasteiger partial charge >= 0.3 is 0 Å². The van der Waals surface area contributed by atoms with E-state index < -0.39 is 0 Å². The molecule has 2 amide bonds. The number of fused-ring (bicyclic) bond motifs is 1. The van der Waals surface area contributed by atoms with E-state index in [-0.39, 0.29) is 17.9 Å². The second-order valence-electron chi connectivity index (χ2n) is 7.48. The van der Waals surface area contributed by atoms with Crippen molar-refractivity contribution in [1.29, 1.82) is 0 Å². The summed E-state index contributed by atoms with van der Waals surface area (Å²) in [7, 11) is 2.12. The largest absolute Gasteiger partial charge is 0.347 e. The van der Waals surface area contributed by atoms with Crippen LogP contribution in [0.5, 0.6) is 0 Å². The lowest BCUT2D eigenvalue weighted by Gasteiger charge is -2.35. The molecule has 2 heterocycles. The summed E-state index contributed by atoms with van der Waals surface area (Å²) in [5.41, 5.74) is 0.674. The average Bonchev–Trinajstić information content (AvgIpc) is 3.02. The molecule has 5 nitrogen and oxygen atoms in total. The minimum atomic E-state index is -0.103. The quantitative estimate of drug-likeness (QED) is 0.923. The van der Waals surface area contributed by atoms with Crippen LogP contribution in [0.25, 0.3) is 10.8 Å². The molecule has 0 aromatic heterocycles. The van der Waals surface area contributed by atoms with Gasteiger partial charge in [0.25, 0.3) is 5.91 Å². The smallest absolute Gasteiger partial charge is 0.252 e. The lowest BCUT2D eigenvalue weighted by atomic mass is 10.0. The zero-order valence-corrected chi connectivity index (χ0v) is 15.1. The van der Waals surface area contributed by atoms with Gasteiger partial charge in [0.1, 0.15) is 0 Å². The zero-order valence-electron chi connectivity index (χ0n) is 15.1. The number of hydrogen-bond acceptors (Lipinski definition) is 3. The first-order valence-corrected chi connectivity index (χ1v) is 9.38. The summed E-state index contributed by atoms with van der Waals surface area (Å²) < 4.78 is 0. The molecule has 26 heavy (non-hydrogen) atoms. The number of carbonyl (C=O) groups is 2. The first-order valence-electron chi connectivity index (χ1n) is 9.38. The molecule has 136 valence electrons. The van der Waals surface area contributed by atoms with Crippen LogP contribution in [-0.4, -0.2) is 60.4 Å². The summed E-state index contributed by atoms with van der Waals surface area (Å²) in [6.07, 6.45) is 2.45. The highest BCUT2D eigenvalue weighted by Gasteiger charge is 2.36. The fourth-order valence-corrected chi connectivity index (χ4v) is 4.17. The van der Waals surface area contributed by atoms with Crippen molar-refractivity contribution < 1.29 is 9.59 Å². The Bertz CT molecular complexity index is 822. The van der Waals surface area contributed by atoms with Crippen molar-refractivity contribution in [1.82, 2.24) is 15.1 Å². The van der Waals surface area contributed by atoms with Crippen molar-refractivity contribution in [2.75, 3.05) is 26.7 Å². The fourth-order valence-electron chi connectivity index (χ4n) is 4.17. The maximum Gasteiger partial charge on any atom is 0.252 e. The van der Waals surface area contributed by atoms with Gasteiger partial charge in [-0.3, -0.25) is 9.59 Å². The van der Waals surface area contributed by atoms with Gasteiger partial charge in [0.15, 0.2) is 0 Å². The second kappa shape index (κ2) is 7.08. The molecule has 2 aliphatic heterocycles. The molecule has 5 heteroatoms. The first-order chi connectivity index (χ1) is 12.6. The normalized spacial score (nSPS) is 22.1. The van der Waals surface area contributed by atoms with Crippen LogP contribution in [0.2, 0.25) is 0 Å². The molecule has 0 aliphatic carbocycles. The van der Waals surface area contributed by atoms with Crippen LogP contribution in [0.4, 0.5) is 0 Å². The summed E-state index contributed by atoms with van der Waals surface area (Å²) in [5.74, 6) is 0.0765. The minimum absolute atomic E-state index is 0.0928. The molecule has 0 saturated carbocycles. The maximum atomic E-state index is 12.8. The predicted molar refractivity (Wildman–Crippen MR) is 102 cm³/mol.